The second kappa shape index (κ2) is 10.4. The topological polar surface area (TPSA) is 39.7 Å². The molecule has 0 saturated carbocycles. The molecule has 0 saturated heterocycles. The number of anilines is 1. The molecule has 0 aliphatic carbocycles. The summed E-state index contributed by atoms with van der Waals surface area (Å²) in [5, 5.41) is 6.30. The van der Waals surface area contributed by atoms with Crippen molar-refractivity contribution in [1.29, 1.82) is 0 Å². The van der Waals surface area contributed by atoms with E-state index in [0.717, 1.165) is 28.9 Å². The van der Waals surface area contributed by atoms with Gasteiger partial charge in [-0.15, -0.1) is 24.0 Å². The van der Waals surface area contributed by atoms with E-state index in [9.17, 15) is 13.2 Å². The minimum Gasteiger partial charge on any atom is -0.378 e. The minimum absolute atomic E-state index is 0. The van der Waals surface area contributed by atoms with E-state index in [1.54, 1.807) is 7.05 Å². The highest BCUT2D eigenvalue weighted by Crippen LogP contribution is 2.29. The average molecular weight is 492 g/mol. The molecule has 8 heteroatoms. The zero-order valence-electron chi connectivity index (χ0n) is 15.5. The summed E-state index contributed by atoms with van der Waals surface area (Å²) in [6.07, 6.45) is -4.31. The zero-order chi connectivity index (χ0) is 19.2. The van der Waals surface area contributed by atoms with Crippen LogP contribution in [0.1, 0.15) is 16.7 Å². The molecule has 0 aromatic heterocycles. The van der Waals surface area contributed by atoms with Gasteiger partial charge >= 0.3 is 6.18 Å². The van der Waals surface area contributed by atoms with Crippen molar-refractivity contribution in [2.45, 2.75) is 19.3 Å². The van der Waals surface area contributed by atoms with Gasteiger partial charge in [-0.1, -0.05) is 24.3 Å². The molecule has 0 heterocycles. The molecule has 0 unspecified atom stereocenters. The number of alkyl halides is 3. The van der Waals surface area contributed by atoms with Crippen LogP contribution in [0, 0.1) is 0 Å². The van der Waals surface area contributed by atoms with E-state index >= 15 is 0 Å². The number of nitrogens with zero attached hydrogens (tertiary/aromatic N) is 2. The molecule has 2 rings (SSSR count). The number of rotatable bonds is 5. The highest BCUT2D eigenvalue weighted by molar-refractivity contribution is 14.0. The van der Waals surface area contributed by atoms with E-state index in [1.165, 1.54) is 12.1 Å². The number of nitrogens with one attached hydrogen (secondary N) is 2. The van der Waals surface area contributed by atoms with Gasteiger partial charge in [0.15, 0.2) is 5.96 Å². The molecule has 0 spiro atoms. The van der Waals surface area contributed by atoms with Crippen LogP contribution in [-0.2, 0) is 19.3 Å². The molecule has 0 aliphatic rings. The molecule has 0 aliphatic heterocycles. The summed E-state index contributed by atoms with van der Waals surface area (Å²) >= 11 is 0. The molecule has 0 atom stereocenters. The van der Waals surface area contributed by atoms with Crippen molar-refractivity contribution < 1.29 is 13.2 Å². The van der Waals surface area contributed by atoms with Crippen molar-refractivity contribution in [3.05, 3.63) is 65.2 Å². The monoisotopic (exact) mass is 492 g/mol. The van der Waals surface area contributed by atoms with Gasteiger partial charge in [-0.2, -0.15) is 13.2 Å². The first-order valence-electron chi connectivity index (χ1n) is 8.16. The van der Waals surface area contributed by atoms with Crippen LogP contribution in [0.4, 0.5) is 18.9 Å². The molecule has 2 aromatic carbocycles. The average Bonchev–Trinajstić information content (AvgIpc) is 2.61. The molecule has 4 nitrogen and oxygen atoms in total. The summed E-state index contributed by atoms with van der Waals surface area (Å²) in [7, 11) is 5.62. The molecule has 0 amide bonds. The van der Waals surface area contributed by atoms with Crippen molar-refractivity contribution >= 4 is 35.6 Å². The van der Waals surface area contributed by atoms with Crippen LogP contribution in [0.3, 0.4) is 0 Å². The zero-order valence-corrected chi connectivity index (χ0v) is 17.8. The van der Waals surface area contributed by atoms with Crippen molar-refractivity contribution in [3.8, 4) is 0 Å². The van der Waals surface area contributed by atoms with Crippen molar-refractivity contribution in [2.75, 3.05) is 26.0 Å². The predicted molar refractivity (Wildman–Crippen MR) is 115 cm³/mol. The van der Waals surface area contributed by atoms with Crippen molar-refractivity contribution in [2.24, 2.45) is 4.99 Å². The normalized spacial score (nSPS) is 11.6. The van der Waals surface area contributed by atoms with Gasteiger partial charge in [-0.25, -0.2) is 0 Å². The third-order valence-corrected chi connectivity index (χ3v) is 3.85. The molecule has 0 fully saturated rings. The Morgan fingerprint density at radius 3 is 2.07 bits per heavy atom. The first-order chi connectivity index (χ1) is 12.3. The fourth-order valence-corrected chi connectivity index (χ4v) is 2.35. The van der Waals surface area contributed by atoms with E-state index in [0.29, 0.717) is 19.0 Å². The van der Waals surface area contributed by atoms with Crippen LogP contribution >= 0.6 is 24.0 Å². The number of guanidine groups is 1. The number of halogens is 4. The molecule has 2 N–H and O–H groups in total. The smallest absolute Gasteiger partial charge is 0.378 e. The third kappa shape index (κ3) is 7.28. The van der Waals surface area contributed by atoms with Crippen LogP contribution in [0.25, 0.3) is 0 Å². The highest BCUT2D eigenvalue weighted by Gasteiger charge is 2.29. The van der Waals surface area contributed by atoms with Crippen LogP contribution in [0.2, 0.25) is 0 Å². The largest absolute Gasteiger partial charge is 0.416 e. The SMILES string of the molecule is CN=C(NCc1ccc(C(F)(F)F)cc1)NCc1cccc(N(C)C)c1.I. The van der Waals surface area contributed by atoms with Gasteiger partial charge in [0.05, 0.1) is 5.56 Å². The summed E-state index contributed by atoms with van der Waals surface area (Å²) in [4.78, 5) is 6.17. The lowest BCUT2D eigenvalue weighted by Gasteiger charge is -2.15. The molecule has 2 aromatic rings. The maximum Gasteiger partial charge on any atom is 0.416 e. The Labute approximate surface area is 174 Å². The minimum atomic E-state index is -4.31. The Balaban J connectivity index is 0.00000364. The molecule has 0 radical (unpaired) electrons. The quantitative estimate of drug-likeness (QED) is 0.373. The van der Waals surface area contributed by atoms with Gasteiger partial charge in [0.2, 0.25) is 0 Å². The molecule has 148 valence electrons. The number of hydrogen-bond acceptors (Lipinski definition) is 2. The number of hydrogen-bond donors (Lipinski definition) is 2. The Hall–Kier alpha value is -1.97. The van der Waals surface area contributed by atoms with Crippen molar-refractivity contribution in [1.82, 2.24) is 10.6 Å². The second-order valence-electron chi connectivity index (χ2n) is 6.04. The summed E-state index contributed by atoms with van der Waals surface area (Å²) in [5.74, 6) is 0.583. The van der Waals surface area contributed by atoms with Gasteiger partial charge in [0.25, 0.3) is 0 Å². The van der Waals surface area contributed by atoms with Crippen LogP contribution in [-0.4, -0.2) is 27.1 Å². The summed E-state index contributed by atoms with van der Waals surface area (Å²) in [5.41, 5.74) is 2.31. The van der Waals surface area contributed by atoms with Gasteiger partial charge in [0, 0.05) is 39.9 Å². The highest BCUT2D eigenvalue weighted by atomic mass is 127. The lowest BCUT2D eigenvalue weighted by Crippen LogP contribution is -2.36. The number of aliphatic imine (C=N–C) groups is 1. The first kappa shape index (κ1) is 23.1. The lowest BCUT2D eigenvalue weighted by molar-refractivity contribution is -0.137. The second-order valence-corrected chi connectivity index (χ2v) is 6.04. The fraction of sp³-hybridized carbons (Fsp3) is 0.316. The molecule has 27 heavy (non-hydrogen) atoms. The predicted octanol–water partition coefficient (Wildman–Crippen LogP) is 4.25. The van der Waals surface area contributed by atoms with Crippen LogP contribution < -0.4 is 15.5 Å². The van der Waals surface area contributed by atoms with E-state index in [4.69, 9.17) is 0 Å². The third-order valence-electron chi connectivity index (χ3n) is 3.85. The summed E-state index contributed by atoms with van der Waals surface area (Å²) < 4.78 is 37.7. The van der Waals surface area contributed by atoms with Crippen LogP contribution in [0.15, 0.2) is 53.5 Å². The van der Waals surface area contributed by atoms with E-state index < -0.39 is 11.7 Å². The summed E-state index contributed by atoms with van der Waals surface area (Å²) in [6, 6.07) is 13.2. The van der Waals surface area contributed by atoms with E-state index in [1.807, 2.05) is 37.2 Å². The van der Waals surface area contributed by atoms with Gasteiger partial charge < -0.3 is 15.5 Å². The van der Waals surface area contributed by atoms with Gasteiger partial charge in [-0.3, -0.25) is 4.99 Å². The maximum absolute atomic E-state index is 12.6. The van der Waals surface area contributed by atoms with Crippen molar-refractivity contribution in [3.63, 3.8) is 0 Å². The van der Waals surface area contributed by atoms with Gasteiger partial charge in [0.1, 0.15) is 0 Å². The Morgan fingerprint density at radius 1 is 0.963 bits per heavy atom. The van der Waals surface area contributed by atoms with E-state index in [-0.39, 0.29) is 24.0 Å². The molecule has 0 bridgehead atoms. The standard InChI is InChI=1S/C19H23F3N4.HI/c1-23-18(25-13-15-5-4-6-17(11-15)26(2)3)24-12-14-7-9-16(10-8-14)19(20,21)22;/h4-11H,12-13H2,1-3H3,(H2,23,24,25);1H. The first-order valence-corrected chi connectivity index (χ1v) is 8.16. The fourth-order valence-electron chi connectivity index (χ4n) is 2.35. The summed E-state index contributed by atoms with van der Waals surface area (Å²) in [6.45, 7) is 0.976. The lowest BCUT2D eigenvalue weighted by atomic mass is 10.1. The van der Waals surface area contributed by atoms with Crippen LogP contribution in [0.5, 0.6) is 0 Å². The Bertz CT molecular complexity index is 743. The van der Waals surface area contributed by atoms with E-state index in [2.05, 4.69) is 21.7 Å². The molecular weight excluding hydrogens is 468 g/mol. The maximum atomic E-state index is 12.6. The molecular formula is C19H24F3IN4. The Morgan fingerprint density at radius 2 is 1.56 bits per heavy atom. The number of benzene rings is 2. The van der Waals surface area contributed by atoms with Gasteiger partial charge in [-0.05, 0) is 35.4 Å². The Kier molecular flexibility index (Phi) is 8.87.